The second kappa shape index (κ2) is 17.9. The summed E-state index contributed by atoms with van der Waals surface area (Å²) in [7, 11) is 1.65. The van der Waals surface area contributed by atoms with Crippen molar-refractivity contribution in [2.24, 2.45) is 5.92 Å². The molecule has 1 saturated carbocycles. The van der Waals surface area contributed by atoms with Crippen LogP contribution < -0.4 is 4.74 Å². The Hall–Kier alpha value is -2.45. The number of ketones is 1. The molecule has 202 valence electrons. The van der Waals surface area contributed by atoms with E-state index in [1.54, 1.807) is 31.4 Å². The zero-order valence-corrected chi connectivity index (χ0v) is 22.7. The van der Waals surface area contributed by atoms with Gasteiger partial charge in [0.1, 0.15) is 11.5 Å². The number of hydrogen-bond donors (Lipinski definition) is 2. The standard InChI is InChI=1S/C17H22O4.C13H18O2S/c1-21-11-13-4-2-3-12(7-13)8-15(18)6-5-14-9-16(19)10-17(14)20;1-2-10-16-11-6-9-13(14)15-12-7-4-3-5-8-12/h2-7,14-15,17-18,20H,8-11H2,1H3;3-5,7-8H,2,6,9-11H2,1H3/b6-5+;/t14-,15-,17-;/m1./s1. The summed E-state index contributed by atoms with van der Waals surface area (Å²) in [6.45, 7) is 2.72. The highest BCUT2D eigenvalue weighted by Crippen LogP contribution is 2.24. The van der Waals surface area contributed by atoms with E-state index in [-0.39, 0.29) is 24.1 Å². The number of carbonyl (C=O) groups is 2. The van der Waals surface area contributed by atoms with Crippen LogP contribution in [0.2, 0.25) is 0 Å². The molecule has 0 saturated heterocycles. The number of ether oxygens (including phenoxy) is 2. The molecule has 2 N–H and O–H groups in total. The Morgan fingerprint density at radius 1 is 1.11 bits per heavy atom. The third-order valence-corrected chi connectivity index (χ3v) is 6.99. The fraction of sp³-hybridized carbons (Fsp3) is 0.467. The van der Waals surface area contributed by atoms with E-state index < -0.39 is 12.2 Å². The van der Waals surface area contributed by atoms with Crippen LogP contribution in [0.1, 0.15) is 50.2 Å². The Kier molecular flexibility index (Phi) is 14.9. The van der Waals surface area contributed by atoms with Crippen molar-refractivity contribution in [2.75, 3.05) is 18.6 Å². The van der Waals surface area contributed by atoms with Crippen LogP contribution in [0, 0.1) is 5.92 Å². The van der Waals surface area contributed by atoms with Gasteiger partial charge in [-0.25, -0.2) is 0 Å². The zero-order chi connectivity index (χ0) is 26.9. The third kappa shape index (κ3) is 13.1. The second-order valence-corrected chi connectivity index (χ2v) is 10.3. The minimum absolute atomic E-state index is 0.0823. The van der Waals surface area contributed by atoms with Gasteiger partial charge in [-0.05, 0) is 47.6 Å². The lowest BCUT2D eigenvalue weighted by Gasteiger charge is -2.10. The Labute approximate surface area is 225 Å². The van der Waals surface area contributed by atoms with Crippen LogP contribution in [0.3, 0.4) is 0 Å². The molecule has 0 heterocycles. The average molecular weight is 529 g/mol. The molecule has 1 aliphatic carbocycles. The molecule has 0 unspecified atom stereocenters. The largest absolute Gasteiger partial charge is 0.427 e. The number of aliphatic hydroxyl groups excluding tert-OH is 2. The van der Waals surface area contributed by atoms with Crippen molar-refractivity contribution in [1.29, 1.82) is 0 Å². The van der Waals surface area contributed by atoms with Crippen molar-refractivity contribution in [3.05, 3.63) is 77.9 Å². The first-order valence-electron chi connectivity index (χ1n) is 12.9. The fourth-order valence-electron chi connectivity index (χ4n) is 3.89. The molecular formula is C30H40O6S. The van der Waals surface area contributed by atoms with Crippen molar-refractivity contribution in [2.45, 2.75) is 64.3 Å². The smallest absolute Gasteiger partial charge is 0.311 e. The highest BCUT2D eigenvalue weighted by molar-refractivity contribution is 7.99. The SMILES string of the molecule is CCCSCCCC(=O)Oc1ccccc1.COCc1cccc(C[C@H](O)/C=C/[C@@H]2CC(=O)C[C@H]2O)c1. The van der Waals surface area contributed by atoms with Gasteiger partial charge < -0.3 is 19.7 Å². The second-order valence-electron chi connectivity index (χ2n) is 9.09. The first-order valence-corrected chi connectivity index (χ1v) is 14.0. The normalized spacial score (nSPS) is 17.9. The Morgan fingerprint density at radius 2 is 1.86 bits per heavy atom. The number of carbonyl (C=O) groups excluding carboxylic acids is 2. The number of esters is 1. The minimum atomic E-state index is -0.620. The molecule has 3 atom stereocenters. The quantitative estimate of drug-likeness (QED) is 0.161. The minimum Gasteiger partial charge on any atom is -0.427 e. The number of thioether (sulfide) groups is 1. The van der Waals surface area contributed by atoms with E-state index in [9.17, 15) is 19.8 Å². The molecule has 3 rings (SSSR count). The number of methoxy groups -OCH3 is 1. The molecule has 2 aromatic rings. The van der Waals surface area contributed by atoms with E-state index in [0.29, 0.717) is 31.6 Å². The molecule has 37 heavy (non-hydrogen) atoms. The van der Waals surface area contributed by atoms with E-state index in [0.717, 1.165) is 23.3 Å². The highest BCUT2D eigenvalue weighted by atomic mass is 32.2. The van der Waals surface area contributed by atoms with Crippen molar-refractivity contribution < 1.29 is 29.3 Å². The summed E-state index contributed by atoms with van der Waals surface area (Å²) in [5, 5.41) is 19.7. The Bertz CT molecular complexity index is 962. The lowest BCUT2D eigenvalue weighted by molar-refractivity contribution is -0.134. The predicted molar refractivity (Wildman–Crippen MR) is 149 cm³/mol. The average Bonchev–Trinajstić information content (AvgIpc) is 3.20. The fourth-order valence-corrected chi connectivity index (χ4v) is 4.73. The first-order chi connectivity index (χ1) is 17.9. The number of hydrogen-bond acceptors (Lipinski definition) is 7. The summed E-state index contributed by atoms with van der Waals surface area (Å²) in [6, 6.07) is 17.1. The van der Waals surface area contributed by atoms with E-state index in [1.165, 1.54) is 12.2 Å². The number of aliphatic hydroxyl groups is 2. The molecule has 0 spiro atoms. The lowest BCUT2D eigenvalue weighted by Crippen LogP contribution is -2.12. The monoisotopic (exact) mass is 528 g/mol. The van der Waals surface area contributed by atoms with Crippen molar-refractivity contribution in [3.8, 4) is 5.75 Å². The number of rotatable bonds is 13. The van der Waals surface area contributed by atoms with Crippen LogP contribution in [0.25, 0.3) is 0 Å². The molecular weight excluding hydrogens is 488 g/mol. The van der Waals surface area contributed by atoms with Crippen LogP contribution >= 0.6 is 11.8 Å². The van der Waals surface area contributed by atoms with Gasteiger partial charge in [-0.3, -0.25) is 9.59 Å². The van der Waals surface area contributed by atoms with E-state index in [2.05, 4.69) is 6.92 Å². The molecule has 2 aromatic carbocycles. The van der Waals surface area contributed by atoms with Gasteiger partial charge in [0.25, 0.3) is 0 Å². The van der Waals surface area contributed by atoms with E-state index in [4.69, 9.17) is 9.47 Å². The van der Waals surface area contributed by atoms with Crippen LogP contribution in [0.5, 0.6) is 5.75 Å². The van der Waals surface area contributed by atoms with E-state index >= 15 is 0 Å². The van der Waals surface area contributed by atoms with Crippen LogP contribution in [-0.2, 0) is 27.4 Å². The predicted octanol–water partition coefficient (Wildman–Crippen LogP) is 5.15. The summed E-state index contributed by atoms with van der Waals surface area (Å²) in [6.07, 6.45) is 5.91. The molecule has 0 amide bonds. The molecule has 7 heteroatoms. The molecule has 6 nitrogen and oxygen atoms in total. The summed E-state index contributed by atoms with van der Waals surface area (Å²) in [5.74, 6) is 2.63. The topological polar surface area (TPSA) is 93.1 Å². The number of para-hydroxylation sites is 1. The summed E-state index contributed by atoms with van der Waals surface area (Å²) in [5.41, 5.74) is 2.10. The molecule has 1 aliphatic rings. The number of Topliss-reactive ketones (excluding diaryl/α,β-unsaturated/α-hetero) is 1. The maximum absolute atomic E-state index is 11.4. The van der Waals surface area contributed by atoms with Crippen LogP contribution in [-0.4, -0.2) is 52.8 Å². The van der Waals surface area contributed by atoms with Gasteiger partial charge in [0, 0.05) is 38.7 Å². The summed E-state index contributed by atoms with van der Waals surface area (Å²) < 4.78 is 10.3. The Balaban J connectivity index is 0.000000271. The molecule has 0 bridgehead atoms. The van der Waals surface area contributed by atoms with Crippen molar-refractivity contribution >= 4 is 23.5 Å². The van der Waals surface area contributed by atoms with Gasteiger partial charge in [-0.15, -0.1) is 0 Å². The summed E-state index contributed by atoms with van der Waals surface area (Å²) in [4.78, 5) is 22.6. The van der Waals surface area contributed by atoms with Gasteiger partial charge in [0.05, 0.1) is 18.8 Å². The first kappa shape index (κ1) is 30.8. The molecule has 0 aromatic heterocycles. The summed E-state index contributed by atoms with van der Waals surface area (Å²) >= 11 is 1.89. The van der Waals surface area contributed by atoms with Gasteiger partial charge >= 0.3 is 5.97 Å². The van der Waals surface area contributed by atoms with Crippen molar-refractivity contribution in [3.63, 3.8) is 0 Å². The van der Waals surface area contributed by atoms with Gasteiger partial charge in [-0.1, -0.05) is 61.5 Å². The number of benzene rings is 2. The lowest BCUT2D eigenvalue weighted by atomic mass is 10.0. The molecule has 1 fully saturated rings. The van der Waals surface area contributed by atoms with Gasteiger partial charge in [0.15, 0.2) is 0 Å². The molecule has 0 radical (unpaired) electrons. The van der Waals surface area contributed by atoms with Crippen LogP contribution in [0.15, 0.2) is 66.7 Å². The maximum atomic E-state index is 11.4. The third-order valence-electron chi connectivity index (χ3n) is 5.72. The van der Waals surface area contributed by atoms with Crippen LogP contribution in [0.4, 0.5) is 0 Å². The maximum Gasteiger partial charge on any atom is 0.311 e. The van der Waals surface area contributed by atoms with Gasteiger partial charge in [0.2, 0.25) is 0 Å². The highest BCUT2D eigenvalue weighted by Gasteiger charge is 2.29. The van der Waals surface area contributed by atoms with E-state index in [1.807, 2.05) is 54.2 Å². The Morgan fingerprint density at radius 3 is 2.54 bits per heavy atom. The zero-order valence-electron chi connectivity index (χ0n) is 21.9. The van der Waals surface area contributed by atoms with Gasteiger partial charge in [-0.2, -0.15) is 11.8 Å². The van der Waals surface area contributed by atoms with Crippen molar-refractivity contribution in [1.82, 2.24) is 0 Å². The molecule has 0 aliphatic heterocycles.